The number of carbonyl (C=O) groups excluding carboxylic acids is 2. The molecule has 0 saturated carbocycles. The fraction of sp³-hybridized carbons (Fsp3) is 0.500. The number of rotatable bonds is 7. The van der Waals surface area contributed by atoms with Gasteiger partial charge in [0.2, 0.25) is 5.91 Å². The summed E-state index contributed by atoms with van der Waals surface area (Å²) in [4.78, 5) is 36.8. The summed E-state index contributed by atoms with van der Waals surface area (Å²) in [7, 11) is 0. The number of ether oxygens (including phenoxy) is 1. The van der Waals surface area contributed by atoms with Crippen molar-refractivity contribution in [3.8, 4) is 0 Å². The van der Waals surface area contributed by atoms with Gasteiger partial charge in [0.05, 0.1) is 23.0 Å². The molecule has 2 heterocycles. The summed E-state index contributed by atoms with van der Waals surface area (Å²) in [5.74, 6) is -1.18. The van der Waals surface area contributed by atoms with Gasteiger partial charge in [-0.2, -0.15) is 4.68 Å². The average Bonchev–Trinajstić information content (AvgIpc) is 3.18. The Balaban J connectivity index is 1.83. The number of anilines is 1. The summed E-state index contributed by atoms with van der Waals surface area (Å²) in [5, 5.41) is 18.2. The Hall–Kier alpha value is -2.27. The van der Waals surface area contributed by atoms with E-state index >= 15 is 0 Å². The van der Waals surface area contributed by atoms with Crippen molar-refractivity contribution >= 4 is 50.0 Å². The fourth-order valence-electron chi connectivity index (χ4n) is 3.22. The third-order valence-corrected chi connectivity index (χ3v) is 6.78. The molecule has 0 atom stereocenters. The van der Waals surface area contributed by atoms with Gasteiger partial charge in [-0.1, -0.05) is 6.92 Å². The SMILES string of the molecule is CCCOC(=O)c1c(NC(=O)Cn2nc([N+](=O)[O-])c(Br)c2C)sc2c1CCCC2. The first-order valence-corrected chi connectivity index (χ1v) is 10.9. The van der Waals surface area contributed by atoms with Gasteiger partial charge < -0.3 is 20.2 Å². The second-order valence-electron chi connectivity index (χ2n) is 6.74. The van der Waals surface area contributed by atoms with Crippen molar-refractivity contribution in [3.05, 3.63) is 36.3 Å². The molecule has 3 rings (SSSR count). The van der Waals surface area contributed by atoms with Crippen LogP contribution in [0.25, 0.3) is 0 Å². The monoisotopic (exact) mass is 484 g/mol. The molecule has 0 fully saturated rings. The van der Waals surface area contributed by atoms with Gasteiger partial charge >= 0.3 is 11.8 Å². The quantitative estimate of drug-likeness (QED) is 0.360. The van der Waals surface area contributed by atoms with Crippen LogP contribution in [0.5, 0.6) is 0 Å². The molecule has 9 nitrogen and oxygen atoms in total. The second kappa shape index (κ2) is 9.04. The summed E-state index contributed by atoms with van der Waals surface area (Å²) < 4.78 is 6.83. The van der Waals surface area contributed by atoms with E-state index in [2.05, 4.69) is 26.3 Å². The number of amides is 1. The highest BCUT2D eigenvalue weighted by Gasteiger charge is 2.29. The topological polar surface area (TPSA) is 116 Å². The Bertz CT molecular complexity index is 968. The number of nitrogens with zero attached hydrogens (tertiary/aromatic N) is 3. The zero-order chi connectivity index (χ0) is 21.1. The van der Waals surface area contributed by atoms with Crippen LogP contribution in [0, 0.1) is 17.0 Å². The molecule has 1 aliphatic rings. The lowest BCUT2D eigenvalue weighted by Crippen LogP contribution is -2.21. The van der Waals surface area contributed by atoms with Gasteiger partial charge in [-0.15, -0.1) is 11.3 Å². The Morgan fingerprint density at radius 1 is 1.38 bits per heavy atom. The number of fused-ring (bicyclic) bond motifs is 1. The largest absolute Gasteiger partial charge is 0.462 e. The zero-order valence-corrected chi connectivity index (χ0v) is 18.5. The van der Waals surface area contributed by atoms with Gasteiger partial charge in [0.15, 0.2) is 0 Å². The first-order chi connectivity index (χ1) is 13.8. The highest BCUT2D eigenvalue weighted by Crippen LogP contribution is 2.38. The van der Waals surface area contributed by atoms with Crippen molar-refractivity contribution in [1.29, 1.82) is 0 Å². The number of esters is 1. The first kappa shape index (κ1) is 21.4. The second-order valence-corrected chi connectivity index (χ2v) is 8.64. The minimum Gasteiger partial charge on any atom is -0.462 e. The minimum absolute atomic E-state index is 0.204. The molecule has 156 valence electrons. The molecule has 11 heteroatoms. The van der Waals surface area contributed by atoms with Crippen molar-refractivity contribution < 1.29 is 19.2 Å². The summed E-state index contributed by atoms with van der Waals surface area (Å²) in [6.45, 7) is 3.67. The van der Waals surface area contributed by atoms with Crippen LogP contribution in [-0.4, -0.2) is 33.2 Å². The number of aromatic nitrogens is 2. The lowest BCUT2D eigenvalue weighted by Gasteiger charge is -2.12. The molecular formula is C18H21BrN4O5S. The molecule has 0 bridgehead atoms. The van der Waals surface area contributed by atoms with Crippen LogP contribution in [0.4, 0.5) is 10.8 Å². The van der Waals surface area contributed by atoms with Gasteiger partial charge in [-0.25, -0.2) is 4.79 Å². The van der Waals surface area contributed by atoms with Crippen LogP contribution >= 0.6 is 27.3 Å². The normalized spacial score (nSPS) is 13.1. The number of hydrogen-bond acceptors (Lipinski definition) is 7. The molecule has 2 aromatic heterocycles. The standard InChI is InChI=1S/C18H21BrN4O5S/c1-3-8-28-18(25)14-11-6-4-5-7-12(11)29-17(14)20-13(24)9-22-10(2)15(19)16(21-22)23(26)27/h3-9H2,1-2H3,(H,20,24). The van der Waals surface area contributed by atoms with Crippen molar-refractivity contribution in [2.75, 3.05) is 11.9 Å². The van der Waals surface area contributed by atoms with Crippen LogP contribution in [0.1, 0.15) is 52.7 Å². The highest BCUT2D eigenvalue weighted by atomic mass is 79.9. The number of aryl methyl sites for hydroxylation is 1. The van der Waals surface area contributed by atoms with Crippen molar-refractivity contribution in [2.45, 2.75) is 52.5 Å². The molecule has 1 amide bonds. The fourth-order valence-corrected chi connectivity index (χ4v) is 4.94. The highest BCUT2D eigenvalue weighted by molar-refractivity contribution is 9.10. The number of carbonyl (C=O) groups is 2. The van der Waals surface area contributed by atoms with Gasteiger partial charge in [-0.05, 0) is 65.4 Å². The molecule has 2 aromatic rings. The molecule has 1 N–H and O–H groups in total. The number of halogens is 1. The van der Waals surface area contributed by atoms with E-state index in [0.717, 1.165) is 36.1 Å². The Labute approximate surface area is 179 Å². The number of hydrogen-bond donors (Lipinski definition) is 1. The van der Waals surface area contributed by atoms with E-state index < -0.39 is 16.8 Å². The molecule has 1 aliphatic carbocycles. The Morgan fingerprint density at radius 3 is 2.76 bits per heavy atom. The Morgan fingerprint density at radius 2 is 2.10 bits per heavy atom. The number of nitro groups is 1. The number of nitrogens with one attached hydrogen (secondary N) is 1. The first-order valence-electron chi connectivity index (χ1n) is 9.32. The molecule has 0 aromatic carbocycles. The van der Waals surface area contributed by atoms with Crippen LogP contribution in [-0.2, 0) is 28.9 Å². The molecule has 29 heavy (non-hydrogen) atoms. The molecule has 0 radical (unpaired) electrons. The smallest absolute Gasteiger partial charge is 0.404 e. The van der Waals surface area contributed by atoms with Crippen molar-refractivity contribution in [3.63, 3.8) is 0 Å². The number of thiophene rings is 1. The maximum absolute atomic E-state index is 12.6. The van der Waals surface area contributed by atoms with E-state index in [4.69, 9.17) is 4.74 Å². The minimum atomic E-state index is -0.610. The summed E-state index contributed by atoms with van der Waals surface area (Å²) >= 11 is 4.54. The van der Waals surface area contributed by atoms with Gasteiger partial charge in [0.1, 0.15) is 16.0 Å². The Kier molecular flexibility index (Phi) is 6.68. The van der Waals surface area contributed by atoms with E-state index in [9.17, 15) is 19.7 Å². The predicted octanol–water partition coefficient (Wildman–Crippen LogP) is 4.01. The lowest BCUT2D eigenvalue weighted by atomic mass is 9.95. The van der Waals surface area contributed by atoms with Crippen LogP contribution in [0.2, 0.25) is 0 Å². The van der Waals surface area contributed by atoms with Crippen LogP contribution in [0.15, 0.2) is 4.47 Å². The third kappa shape index (κ3) is 4.50. The summed E-state index contributed by atoms with van der Waals surface area (Å²) in [5.41, 5.74) is 1.88. The lowest BCUT2D eigenvalue weighted by molar-refractivity contribution is -0.390. The molecule has 0 aliphatic heterocycles. The maximum Gasteiger partial charge on any atom is 0.404 e. The van der Waals surface area contributed by atoms with E-state index in [1.54, 1.807) is 6.92 Å². The van der Waals surface area contributed by atoms with Gasteiger partial charge in [0, 0.05) is 4.88 Å². The van der Waals surface area contributed by atoms with Gasteiger partial charge in [0.25, 0.3) is 0 Å². The maximum atomic E-state index is 12.6. The van der Waals surface area contributed by atoms with E-state index in [-0.39, 0.29) is 16.8 Å². The average molecular weight is 485 g/mol. The van der Waals surface area contributed by atoms with Crippen LogP contribution in [0.3, 0.4) is 0 Å². The van der Waals surface area contributed by atoms with Crippen molar-refractivity contribution in [2.24, 2.45) is 0 Å². The molecule has 0 spiro atoms. The molecule has 0 unspecified atom stereocenters. The molecule has 0 saturated heterocycles. The van der Waals surface area contributed by atoms with Crippen molar-refractivity contribution in [1.82, 2.24) is 9.78 Å². The van der Waals surface area contributed by atoms with Crippen LogP contribution < -0.4 is 5.32 Å². The zero-order valence-electron chi connectivity index (χ0n) is 16.1. The summed E-state index contributed by atoms with van der Waals surface area (Å²) in [6, 6.07) is 0. The summed E-state index contributed by atoms with van der Waals surface area (Å²) in [6.07, 6.45) is 4.42. The van der Waals surface area contributed by atoms with E-state index in [1.807, 2.05) is 6.92 Å². The molecular weight excluding hydrogens is 464 g/mol. The third-order valence-electron chi connectivity index (χ3n) is 4.65. The van der Waals surface area contributed by atoms with Gasteiger partial charge in [-0.3, -0.25) is 4.79 Å². The predicted molar refractivity (Wildman–Crippen MR) is 111 cm³/mol. The van der Waals surface area contributed by atoms with E-state index in [0.29, 0.717) is 29.3 Å². The van der Waals surface area contributed by atoms with E-state index in [1.165, 1.54) is 16.0 Å².